The molecule has 4 rings (SSSR count). The van der Waals surface area contributed by atoms with Gasteiger partial charge in [0.05, 0.1) is 6.42 Å². The largest absolute Gasteiger partial charge is 0.481 e. The third-order valence-electron chi connectivity index (χ3n) is 5.39. The van der Waals surface area contributed by atoms with E-state index < -0.39 is 12.0 Å². The van der Waals surface area contributed by atoms with E-state index in [1.54, 1.807) is 24.3 Å². The lowest BCUT2D eigenvalue weighted by molar-refractivity contribution is -0.137. The van der Waals surface area contributed by atoms with Crippen LogP contribution in [-0.2, 0) is 16.0 Å². The standard InChI is InChI=1S/C26H22FN3O4/c27-21-10-6-18(7-11-21)16-24-28-29-26(34-24)23(14-15-25(32)33)30(17-31)22-12-8-20(9-13-22)19-4-2-1-3-5-19/h1-13,17,23H,14-16H2,(H,32,33). The minimum Gasteiger partial charge on any atom is -0.481 e. The molecule has 0 spiro atoms. The van der Waals surface area contributed by atoms with Crippen molar-refractivity contribution < 1.29 is 23.5 Å². The summed E-state index contributed by atoms with van der Waals surface area (Å²) in [5, 5.41) is 17.3. The molecular formula is C26H22FN3O4. The predicted molar refractivity (Wildman–Crippen MR) is 124 cm³/mol. The Bertz CT molecular complexity index is 1240. The fourth-order valence-corrected chi connectivity index (χ4v) is 3.66. The van der Waals surface area contributed by atoms with Crippen LogP contribution in [0.5, 0.6) is 0 Å². The van der Waals surface area contributed by atoms with Gasteiger partial charge < -0.3 is 14.4 Å². The summed E-state index contributed by atoms with van der Waals surface area (Å²) in [4.78, 5) is 24.8. The van der Waals surface area contributed by atoms with Crippen molar-refractivity contribution in [2.45, 2.75) is 25.3 Å². The number of benzene rings is 3. The zero-order chi connectivity index (χ0) is 23.9. The molecule has 0 saturated carbocycles. The second-order valence-electron chi connectivity index (χ2n) is 7.71. The minimum absolute atomic E-state index is 0.0900. The van der Waals surface area contributed by atoms with Gasteiger partial charge in [-0.25, -0.2) is 4.39 Å². The Kier molecular flexibility index (Phi) is 7.07. The average Bonchev–Trinajstić information content (AvgIpc) is 3.32. The Morgan fingerprint density at radius 2 is 1.65 bits per heavy atom. The van der Waals surface area contributed by atoms with Crippen LogP contribution < -0.4 is 4.90 Å². The van der Waals surface area contributed by atoms with Gasteiger partial charge in [-0.1, -0.05) is 54.6 Å². The van der Waals surface area contributed by atoms with E-state index in [0.717, 1.165) is 16.7 Å². The van der Waals surface area contributed by atoms with Crippen LogP contribution in [0.25, 0.3) is 11.1 Å². The monoisotopic (exact) mass is 459 g/mol. The SMILES string of the molecule is O=CN(c1ccc(-c2ccccc2)cc1)C(CCC(=O)O)c1nnc(Cc2ccc(F)cc2)o1. The molecule has 34 heavy (non-hydrogen) atoms. The Morgan fingerprint density at radius 1 is 0.971 bits per heavy atom. The number of halogens is 1. The average molecular weight is 459 g/mol. The number of anilines is 1. The van der Waals surface area contributed by atoms with E-state index in [1.807, 2.05) is 42.5 Å². The maximum Gasteiger partial charge on any atom is 0.303 e. The third-order valence-corrected chi connectivity index (χ3v) is 5.39. The van der Waals surface area contributed by atoms with Crippen LogP contribution in [0.15, 0.2) is 83.3 Å². The van der Waals surface area contributed by atoms with Crippen molar-refractivity contribution in [2.75, 3.05) is 4.90 Å². The van der Waals surface area contributed by atoms with Gasteiger partial charge in [0.15, 0.2) is 0 Å². The Morgan fingerprint density at radius 3 is 2.29 bits per heavy atom. The van der Waals surface area contributed by atoms with Crippen molar-refractivity contribution in [1.29, 1.82) is 0 Å². The molecule has 8 heteroatoms. The molecule has 7 nitrogen and oxygen atoms in total. The molecule has 0 aliphatic rings. The van der Waals surface area contributed by atoms with Crippen molar-refractivity contribution in [3.8, 4) is 11.1 Å². The van der Waals surface area contributed by atoms with Gasteiger partial charge in [-0.3, -0.25) is 9.59 Å². The molecule has 4 aromatic rings. The maximum absolute atomic E-state index is 13.2. The van der Waals surface area contributed by atoms with E-state index in [2.05, 4.69) is 10.2 Å². The highest BCUT2D eigenvalue weighted by atomic mass is 19.1. The Balaban J connectivity index is 1.59. The molecule has 0 radical (unpaired) electrons. The van der Waals surface area contributed by atoms with Crippen molar-refractivity contribution in [3.63, 3.8) is 0 Å². The number of carboxylic acids is 1. The van der Waals surface area contributed by atoms with E-state index in [1.165, 1.54) is 17.0 Å². The number of hydrogen-bond donors (Lipinski definition) is 1. The first-order valence-electron chi connectivity index (χ1n) is 10.7. The third kappa shape index (κ3) is 5.53. The number of nitrogens with zero attached hydrogens (tertiary/aromatic N) is 3. The molecule has 0 saturated heterocycles. The lowest BCUT2D eigenvalue weighted by atomic mass is 10.0. The van der Waals surface area contributed by atoms with Gasteiger partial charge in [-0.2, -0.15) is 0 Å². The number of aromatic nitrogens is 2. The predicted octanol–water partition coefficient (Wildman–Crippen LogP) is 5.04. The maximum atomic E-state index is 13.2. The van der Waals surface area contributed by atoms with Gasteiger partial charge in [0, 0.05) is 12.1 Å². The first-order valence-corrected chi connectivity index (χ1v) is 10.7. The fourth-order valence-electron chi connectivity index (χ4n) is 3.66. The van der Waals surface area contributed by atoms with Gasteiger partial charge in [0.1, 0.15) is 11.9 Å². The number of amides is 1. The van der Waals surface area contributed by atoms with Crippen LogP contribution in [-0.4, -0.2) is 27.7 Å². The van der Waals surface area contributed by atoms with Gasteiger partial charge >= 0.3 is 5.97 Å². The summed E-state index contributed by atoms with van der Waals surface area (Å²) in [5.41, 5.74) is 3.37. The summed E-state index contributed by atoms with van der Waals surface area (Å²) in [5.74, 6) is -0.922. The van der Waals surface area contributed by atoms with E-state index in [-0.39, 0.29) is 36.9 Å². The van der Waals surface area contributed by atoms with Gasteiger partial charge in [0.25, 0.3) is 0 Å². The van der Waals surface area contributed by atoms with E-state index in [4.69, 9.17) is 4.42 Å². The highest BCUT2D eigenvalue weighted by Crippen LogP contribution is 2.31. The zero-order valence-corrected chi connectivity index (χ0v) is 18.2. The topological polar surface area (TPSA) is 96.5 Å². The number of carboxylic acid groups (broad SMARTS) is 1. The highest BCUT2D eigenvalue weighted by molar-refractivity contribution is 5.78. The number of carbonyl (C=O) groups excluding carboxylic acids is 1. The van der Waals surface area contributed by atoms with E-state index >= 15 is 0 Å². The van der Waals surface area contributed by atoms with Gasteiger partial charge in [0.2, 0.25) is 18.2 Å². The molecule has 0 bridgehead atoms. The number of carbonyl (C=O) groups is 2. The fraction of sp³-hybridized carbons (Fsp3) is 0.154. The minimum atomic E-state index is -0.999. The summed E-state index contributed by atoms with van der Waals surface area (Å²) in [7, 11) is 0. The molecule has 0 aliphatic carbocycles. The van der Waals surface area contributed by atoms with Crippen molar-refractivity contribution in [1.82, 2.24) is 10.2 Å². The summed E-state index contributed by atoms with van der Waals surface area (Å²) in [6.07, 6.45) is 0.819. The molecule has 1 atom stereocenters. The molecule has 1 amide bonds. The molecule has 0 fully saturated rings. The molecule has 0 aliphatic heterocycles. The summed E-state index contributed by atoms with van der Waals surface area (Å²) in [6, 6.07) is 22.3. The quantitative estimate of drug-likeness (QED) is 0.334. The van der Waals surface area contributed by atoms with Crippen LogP contribution in [0, 0.1) is 5.82 Å². The molecule has 1 aromatic heterocycles. The van der Waals surface area contributed by atoms with Crippen LogP contribution in [0.2, 0.25) is 0 Å². The molecule has 3 aromatic carbocycles. The van der Waals surface area contributed by atoms with Gasteiger partial charge in [-0.05, 0) is 47.4 Å². The summed E-state index contributed by atoms with van der Waals surface area (Å²) >= 11 is 0. The van der Waals surface area contributed by atoms with E-state index in [0.29, 0.717) is 12.1 Å². The number of aliphatic carboxylic acids is 1. The lowest BCUT2D eigenvalue weighted by Crippen LogP contribution is -2.28. The van der Waals surface area contributed by atoms with Crippen molar-refractivity contribution in [3.05, 3.63) is 102 Å². The Labute approximate surface area is 195 Å². The summed E-state index contributed by atoms with van der Waals surface area (Å²) < 4.78 is 19.0. The highest BCUT2D eigenvalue weighted by Gasteiger charge is 2.27. The lowest BCUT2D eigenvalue weighted by Gasteiger charge is -2.25. The second-order valence-corrected chi connectivity index (χ2v) is 7.71. The van der Waals surface area contributed by atoms with E-state index in [9.17, 15) is 19.1 Å². The van der Waals surface area contributed by atoms with Crippen LogP contribution in [0.1, 0.15) is 36.2 Å². The summed E-state index contributed by atoms with van der Waals surface area (Å²) in [6.45, 7) is 0. The smallest absolute Gasteiger partial charge is 0.303 e. The van der Waals surface area contributed by atoms with Crippen LogP contribution in [0.3, 0.4) is 0 Å². The first kappa shape index (κ1) is 22.8. The second kappa shape index (κ2) is 10.5. The normalized spacial score (nSPS) is 11.7. The Hall–Kier alpha value is -4.33. The van der Waals surface area contributed by atoms with Crippen molar-refractivity contribution >= 4 is 18.1 Å². The number of rotatable bonds is 10. The van der Waals surface area contributed by atoms with Crippen LogP contribution in [0.4, 0.5) is 10.1 Å². The van der Waals surface area contributed by atoms with Crippen LogP contribution >= 0.6 is 0 Å². The molecule has 1 heterocycles. The first-order chi connectivity index (χ1) is 16.5. The van der Waals surface area contributed by atoms with Gasteiger partial charge in [-0.15, -0.1) is 10.2 Å². The molecule has 172 valence electrons. The van der Waals surface area contributed by atoms with Crippen molar-refractivity contribution in [2.24, 2.45) is 0 Å². The molecule has 1 N–H and O–H groups in total. The molecular weight excluding hydrogens is 437 g/mol. The zero-order valence-electron chi connectivity index (χ0n) is 18.2. The number of hydrogen-bond acceptors (Lipinski definition) is 5. The molecule has 1 unspecified atom stereocenters.